The van der Waals surface area contributed by atoms with Crippen LogP contribution in [0.2, 0.25) is 0 Å². The Morgan fingerprint density at radius 3 is 1.83 bits per heavy atom. The van der Waals surface area contributed by atoms with Crippen molar-refractivity contribution in [2.45, 2.75) is 39.0 Å². The van der Waals surface area contributed by atoms with E-state index in [1.54, 1.807) is 0 Å². The van der Waals surface area contributed by atoms with E-state index in [-0.39, 0.29) is 12.9 Å². The van der Waals surface area contributed by atoms with Crippen LogP contribution < -0.4 is 5.73 Å². The first-order valence-corrected chi connectivity index (χ1v) is 8.58. The Labute approximate surface area is 145 Å². The van der Waals surface area contributed by atoms with Crippen molar-refractivity contribution in [3.8, 4) is 0 Å². The summed E-state index contributed by atoms with van der Waals surface area (Å²) in [5.41, 5.74) is 8.29. The second kappa shape index (κ2) is 9.28. The van der Waals surface area contributed by atoms with Gasteiger partial charge in [0.25, 0.3) is 0 Å². The van der Waals surface area contributed by atoms with E-state index in [1.165, 1.54) is 0 Å². The first kappa shape index (κ1) is 18.3. The van der Waals surface area contributed by atoms with E-state index in [9.17, 15) is 4.79 Å². The van der Waals surface area contributed by atoms with Crippen LogP contribution >= 0.6 is 0 Å². The molecule has 4 heteroatoms. The van der Waals surface area contributed by atoms with Gasteiger partial charge in [0.1, 0.15) is 6.04 Å². The lowest BCUT2D eigenvalue weighted by Crippen LogP contribution is -2.39. The monoisotopic (exact) mass is 323 g/mol. The molecule has 2 N–H and O–H groups in total. The molecular weight excluding hydrogens is 297 g/mol. The number of benzene rings is 2. The summed E-state index contributed by atoms with van der Waals surface area (Å²) < 4.78 is 5.76. The minimum Gasteiger partial charge on any atom is -0.534 e. The molecule has 0 amide bonds. The first-order valence-electron chi connectivity index (χ1n) is 8.58. The van der Waals surface area contributed by atoms with E-state index in [2.05, 4.69) is 38.1 Å². The molecule has 0 saturated heterocycles. The van der Waals surface area contributed by atoms with Gasteiger partial charge in [-0.05, 0) is 25.0 Å². The molecule has 0 bridgehead atoms. The zero-order valence-corrected chi connectivity index (χ0v) is 14.5. The molecule has 0 saturated carbocycles. The second-order valence-electron chi connectivity index (χ2n) is 6.67. The summed E-state index contributed by atoms with van der Waals surface area (Å²) in [6.45, 7) is 3.90. The Bertz CT molecular complexity index is 575. The second-order valence-corrected chi connectivity index (χ2v) is 6.67. The standard InChI is InChI=1S/C20H26BNO2/c1-16(2)13-19(22)20(23)24-21(14-17-9-5-3-6-10-17)15-18-11-7-4-8-12-18/h3-12,16,19H,13-15,22H2,1-2H3/t19-/m1/s1. The lowest BCUT2D eigenvalue weighted by atomic mass is 9.58. The van der Waals surface area contributed by atoms with Gasteiger partial charge >= 0.3 is 12.9 Å². The van der Waals surface area contributed by atoms with Crippen molar-refractivity contribution in [3.63, 3.8) is 0 Å². The molecular formula is C20H26BNO2. The molecule has 126 valence electrons. The number of hydrogen-bond donors (Lipinski definition) is 1. The van der Waals surface area contributed by atoms with Crippen LogP contribution in [0.25, 0.3) is 0 Å². The van der Waals surface area contributed by atoms with Gasteiger partial charge in [-0.25, -0.2) is 0 Å². The highest BCUT2D eigenvalue weighted by Crippen LogP contribution is 2.12. The Balaban J connectivity index is 2.05. The molecule has 0 radical (unpaired) electrons. The van der Waals surface area contributed by atoms with Crippen LogP contribution in [0.15, 0.2) is 60.7 Å². The molecule has 0 unspecified atom stereocenters. The molecule has 0 aliphatic rings. The number of carbonyl (C=O) groups is 1. The molecule has 0 aliphatic heterocycles. The van der Waals surface area contributed by atoms with E-state index in [1.807, 2.05) is 36.4 Å². The largest absolute Gasteiger partial charge is 0.534 e. The van der Waals surface area contributed by atoms with Crippen molar-refractivity contribution in [2.24, 2.45) is 11.7 Å². The third kappa shape index (κ3) is 6.21. The highest BCUT2D eigenvalue weighted by molar-refractivity contribution is 6.52. The van der Waals surface area contributed by atoms with Gasteiger partial charge in [0.2, 0.25) is 0 Å². The summed E-state index contributed by atoms with van der Waals surface area (Å²) in [7, 11) is 0. The van der Waals surface area contributed by atoms with Crippen molar-refractivity contribution < 1.29 is 9.45 Å². The van der Waals surface area contributed by atoms with Gasteiger partial charge in [0, 0.05) is 0 Å². The highest BCUT2D eigenvalue weighted by Gasteiger charge is 2.25. The molecule has 0 spiro atoms. The third-order valence-corrected chi connectivity index (χ3v) is 3.92. The van der Waals surface area contributed by atoms with Gasteiger partial charge in [0.05, 0.1) is 0 Å². The van der Waals surface area contributed by atoms with E-state index in [0.717, 1.165) is 11.1 Å². The minimum atomic E-state index is -0.556. The Morgan fingerprint density at radius 2 is 1.42 bits per heavy atom. The lowest BCUT2D eigenvalue weighted by Gasteiger charge is -2.19. The summed E-state index contributed by atoms with van der Waals surface area (Å²) >= 11 is 0. The van der Waals surface area contributed by atoms with Crippen molar-refractivity contribution in [3.05, 3.63) is 71.8 Å². The number of nitrogens with two attached hydrogens (primary N) is 1. The summed E-state index contributed by atoms with van der Waals surface area (Å²) in [6.07, 6.45) is 2.02. The van der Waals surface area contributed by atoms with Crippen molar-refractivity contribution >= 4 is 12.9 Å². The zero-order chi connectivity index (χ0) is 17.4. The Hall–Kier alpha value is -2.07. The van der Waals surface area contributed by atoms with Crippen molar-refractivity contribution in [2.75, 3.05) is 0 Å². The smallest absolute Gasteiger partial charge is 0.370 e. The van der Waals surface area contributed by atoms with Gasteiger partial charge in [-0.15, -0.1) is 0 Å². The fourth-order valence-corrected chi connectivity index (χ4v) is 2.77. The predicted octanol–water partition coefficient (Wildman–Crippen LogP) is 3.46. The SMILES string of the molecule is CC(C)C[C@@H](N)C(=O)OB(Cc1ccccc1)Cc1ccccc1. The van der Waals surface area contributed by atoms with Crippen molar-refractivity contribution in [1.29, 1.82) is 0 Å². The van der Waals surface area contributed by atoms with Gasteiger partial charge < -0.3 is 10.4 Å². The van der Waals surface area contributed by atoms with E-state index >= 15 is 0 Å². The lowest BCUT2D eigenvalue weighted by molar-refractivity contribution is -0.136. The molecule has 0 heterocycles. The molecule has 1 atom stereocenters. The topological polar surface area (TPSA) is 52.3 Å². The quantitative estimate of drug-likeness (QED) is 0.757. The predicted molar refractivity (Wildman–Crippen MR) is 99.6 cm³/mol. The van der Waals surface area contributed by atoms with Crippen molar-refractivity contribution in [1.82, 2.24) is 0 Å². The average molecular weight is 323 g/mol. The van der Waals surface area contributed by atoms with E-state index in [0.29, 0.717) is 25.0 Å². The normalized spacial score (nSPS) is 12.0. The maximum absolute atomic E-state index is 12.3. The molecule has 2 aromatic rings. The van der Waals surface area contributed by atoms with Crippen LogP contribution in [0.1, 0.15) is 31.4 Å². The Morgan fingerprint density at radius 1 is 0.958 bits per heavy atom. The zero-order valence-electron chi connectivity index (χ0n) is 14.5. The van der Waals surface area contributed by atoms with Crippen LogP contribution in [0, 0.1) is 5.92 Å². The van der Waals surface area contributed by atoms with Crippen LogP contribution in [-0.4, -0.2) is 18.9 Å². The minimum absolute atomic E-state index is 0.208. The molecule has 2 aromatic carbocycles. The van der Waals surface area contributed by atoms with Gasteiger partial charge in [-0.1, -0.05) is 85.6 Å². The van der Waals surface area contributed by atoms with Gasteiger partial charge in [-0.3, -0.25) is 4.79 Å². The van der Waals surface area contributed by atoms with Crippen LogP contribution in [-0.2, 0) is 22.1 Å². The maximum atomic E-state index is 12.3. The number of carbonyl (C=O) groups excluding carboxylic acids is 1. The summed E-state index contributed by atoms with van der Waals surface area (Å²) in [4.78, 5) is 12.3. The van der Waals surface area contributed by atoms with Crippen LogP contribution in [0.5, 0.6) is 0 Å². The van der Waals surface area contributed by atoms with Gasteiger partial charge in [0.15, 0.2) is 0 Å². The molecule has 2 rings (SSSR count). The average Bonchev–Trinajstić information content (AvgIpc) is 2.56. The summed E-state index contributed by atoms with van der Waals surface area (Å²) in [5.74, 6) is 0.0646. The summed E-state index contributed by atoms with van der Waals surface area (Å²) in [6, 6.07) is 19.6. The summed E-state index contributed by atoms with van der Waals surface area (Å²) in [5, 5.41) is 0. The molecule has 3 nitrogen and oxygen atoms in total. The van der Waals surface area contributed by atoms with E-state index < -0.39 is 6.04 Å². The molecule has 0 aliphatic carbocycles. The maximum Gasteiger partial charge on any atom is 0.370 e. The van der Waals surface area contributed by atoms with Crippen LogP contribution in [0.3, 0.4) is 0 Å². The van der Waals surface area contributed by atoms with E-state index in [4.69, 9.17) is 10.4 Å². The highest BCUT2D eigenvalue weighted by atomic mass is 16.5. The number of rotatable bonds is 8. The first-order chi connectivity index (χ1) is 11.5. The molecule has 0 fully saturated rings. The Kier molecular flexibility index (Phi) is 7.07. The number of hydrogen-bond acceptors (Lipinski definition) is 3. The fraction of sp³-hybridized carbons (Fsp3) is 0.350. The molecule has 24 heavy (non-hydrogen) atoms. The van der Waals surface area contributed by atoms with Gasteiger partial charge in [-0.2, -0.15) is 0 Å². The molecule has 0 aromatic heterocycles. The fourth-order valence-electron chi connectivity index (χ4n) is 2.77. The van der Waals surface area contributed by atoms with Crippen LogP contribution in [0.4, 0.5) is 0 Å². The third-order valence-electron chi connectivity index (χ3n) is 3.92.